The fraction of sp³-hybridized carbons (Fsp3) is 0.763. The van der Waals surface area contributed by atoms with Crippen LogP contribution in [0, 0.1) is 11.8 Å². The van der Waals surface area contributed by atoms with Gasteiger partial charge >= 0.3 is 0 Å². The summed E-state index contributed by atoms with van der Waals surface area (Å²) in [5, 5.41) is 13.8. The second-order valence-electron chi connectivity index (χ2n) is 13.5. The fourth-order valence-electron chi connectivity index (χ4n) is 5.73. The number of hydrogen-bond donors (Lipinski definition) is 2. The molecule has 3 rings (SSSR count). The largest absolute Gasteiger partial charge is 0.377 e. The van der Waals surface area contributed by atoms with Gasteiger partial charge < -0.3 is 53.3 Å². The molecule has 0 unspecified atom stereocenters. The van der Waals surface area contributed by atoms with Crippen molar-refractivity contribution in [1.82, 2.24) is 30.5 Å². The van der Waals surface area contributed by atoms with E-state index in [1.165, 1.54) is 24.0 Å². The molecule has 0 bridgehead atoms. The number of nitrogens with one attached hydrogen (secondary N) is 2. The Morgan fingerprint density at radius 3 is 1.62 bits per heavy atom. The SMILES string of the molecule is CC(=O)COCC(=O)NCCOCCOCCOCCOCCOCCOCCOCCOCCn1cc(CNC(=O)[C@H]2CC[C@H](CN3C(=O)C=CC3=O)CC2)nn1. The predicted molar refractivity (Wildman–Crippen MR) is 204 cm³/mol. The number of ketones is 1. The molecule has 0 saturated heterocycles. The molecular formula is C38H62N6O14. The summed E-state index contributed by atoms with van der Waals surface area (Å²) in [6.45, 7) is 9.79. The first kappa shape index (κ1) is 48.6. The number of imide groups is 1. The molecule has 1 saturated carbocycles. The summed E-state index contributed by atoms with van der Waals surface area (Å²) in [6, 6.07) is 0. The van der Waals surface area contributed by atoms with Crippen LogP contribution in [0.25, 0.3) is 0 Å². The number of rotatable bonds is 36. The molecular weight excluding hydrogens is 764 g/mol. The molecule has 2 aliphatic rings. The topological polar surface area (TPSA) is 226 Å². The lowest BCUT2D eigenvalue weighted by molar-refractivity contribution is -0.138. The van der Waals surface area contributed by atoms with Gasteiger partial charge in [0.05, 0.1) is 125 Å². The third kappa shape index (κ3) is 23.0. The Balaban J connectivity index is 0.982. The molecule has 2 N–H and O–H groups in total. The lowest BCUT2D eigenvalue weighted by atomic mass is 9.81. The number of amides is 4. The highest BCUT2D eigenvalue weighted by atomic mass is 16.6. The van der Waals surface area contributed by atoms with E-state index in [2.05, 4.69) is 20.9 Å². The van der Waals surface area contributed by atoms with Crippen molar-refractivity contribution in [1.29, 1.82) is 0 Å². The van der Waals surface area contributed by atoms with Gasteiger partial charge in [0, 0.05) is 31.2 Å². The summed E-state index contributed by atoms with van der Waals surface area (Å²) in [5.41, 5.74) is 0.665. The number of aromatic nitrogens is 3. The Labute approximate surface area is 339 Å². The number of carbonyl (C=O) groups is 5. The maximum absolute atomic E-state index is 12.7. The standard InChI is InChI=1S/C38H62N6O14/c1-31(45)29-58-30-35(46)39-8-10-50-12-14-52-16-18-54-20-22-56-24-25-57-23-21-55-19-17-53-15-13-51-11-9-43-28-34(41-42-43)26-40-38(49)33-4-2-32(3-5-33)27-44-36(47)6-7-37(44)48/h6-7,28,32-33H,2-5,8-27,29-30H2,1H3,(H,39,46)(H,40,49)/t32-,33-. The van der Waals surface area contributed by atoms with E-state index in [0.29, 0.717) is 138 Å². The number of Topliss-reactive ketones (excluding diaryl/α,β-unsaturated/α-hetero) is 1. The third-order valence-corrected chi connectivity index (χ3v) is 8.76. The van der Waals surface area contributed by atoms with Gasteiger partial charge in [-0.05, 0) is 38.5 Å². The van der Waals surface area contributed by atoms with Crippen LogP contribution in [0.5, 0.6) is 0 Å². The van der Waals surface area contributed by atoms with Crippen molar-refractivity contribution in [3.63, 3.8) is 0 Å². The molecule has 1 aromatic rings. The quantitative estimate of drug-likeness (QED) is 0.0641. The van der Waals surface area contributed by atoms with E-state index in [0.717, 1.165) is 25.7 Å². The lowest BCUT2D eigenvalue weighted by Crippen LogP contribution is -2.38. The van der Waals surface area contributed by atoms with E-state index < -0.39 is 0 Å². The molecule has 0 radical (unpaired) electrons. The van der Waals surface area contributed by atoms with Gasteiger partial charge in [0.15, 0.2) is 5.78 Å². The number of nitrogens with zero attached hydrogens (tertiary/aromatic N) is 4. The Morgan fingerprint density at radius 1 is 0.638 bits per heavy atom. The van der Waals surface area contributed by atoms with Crippen LogP contribution in [0.1, 0.15) is 38.3 Å². The lowest BCUT2D eigenvalue weighted by Gasteiger charge is -2.29. The molecule has 58 heavy (non-hydrogen) atoms. The maximum Gasteiger partial charge on any atom is 0.253 e. The van der Waals surface area contributed by atoms with Gasteiger partial charge in [0.2, 0.25) is 11.8 Å². The Hall–Kier alpha value is -3.73. The summed E-state index contributed by atoms with van der Waals surface area (Å²) in [5.74, 6) is -0.819. The zero-order valence-electron chi connectivity index (χ0n) is 33.8. The van der Waals surface area contributed by atoms with E-state index >= 15 is 0 Å². The zero-order valence-corrected chi connectivity index (χ0v) is 33.8. The van der Waals surface area contributed by atoms with Crippen molar-refractivity contribution in [2.24, 2.45) is 11.8 Å². The van der Waals surface area contributed by atoms with Gasteiger partial charge in [0.1, 0.15) is 18.9 Å². The minimum absolute atomic E-state index is 0.0132. The first-order valence-electron chi connectivity index (χ1n) is 20.0. The number of hydrogen-bond acceptors (Lipinski definition) is 16. The van der Waals surface area contributed by atoms with Crippen LogP contribution < -0.4 is 10.6 Å². The minimum Gasteiger partial charge on any atom is -0.377 e. The highest BCUT2D eigenvalue weighted by molar-refractivity contribution is 6.12. The van der Waals surface area contributed by atoms with Crippen LogP contribution in [0.3, 0.4) is 0 Å². The summed E-state index contributed by atoms with van der Waals surface area (Å²) in [6.07, 6.45) is 7.44. The second-order valence-corrected chi connectivity index (χ2v) is 13.5. The monoisotopic (exact) mass is 826 g/mol. The molecule has 0 aromatic carbocycles. The van der Waals surface area contributed by atoms with Crippen LogP contribution in [-0.4, -0.2) is 181 Å². The molecule has 1 aliphatic carbocycles. The van der Waals surface area contributed by atoms with E-state index in [1.54, 1.807) is 10.9 Å². The smallest absolute Gasteiger partial charge is 0.253 e. The summed E-state index contributed by atoms with van der Waals surface area (Å²) in [4.78, 5) is 59.8. The molecule has 4 amide bonds. The zero-order chi connectivity index (χ0) is 41.5. The second kappa shape index (κ2) is 31.2. The predicted octanol–water partition coefficient (Wildman–Crippen LogP) is -0.520. The van der Waals surface area contributed by atoms with Crippen molar-refractivity contribution >= 4 is 29.4 Å². The van der Waals surface area contributed by atoms with E-state index in [1.807, 2.05) is 0 Å². The van der Waals surface area contributed by atoms with Crippen LogP contribution in [0.2, 0.25) is 0 Å². The first-order chi connectivity index (χ1) is 28.3. The molecule has 20 nitrogen and oxygen atoms in total. The van der Waals surface area contributed by atoms with E-state index in [4.69, 9.17) is 42.6 Å². The van der Waals surface area contributed by atoms with E-state index in [-0.39, 0.29) is 54.5 Å². The van der Waals surface area contributed by atoms with Crippen LogP contribution in [-0.2, 0) is 79.7 Å². The van der Waals surface area contributed by atoms with Gasteiger partial charge in [-0.2, -0.15) is 0 Å². The molecule has 328 valence electrons. The number of carbonyl (C=O) groups excluding carboxylic acids is 5. The van der Waals surface area contributed by atoms with Gasteiger partial charge in [-0.3, -0.25) is 28.9 Å². The maximum atomic E-state index is 12.7. The highest BCUT2D eigenvalue weighted by Gasteiger charge is 2.31. The van der Waals surface area contributed by atoms with Crippen molar-refractivity contribution in [2.45, 2.75) is 45.7 Å². The van der Waals surface area contributed by atoms with Crippen molar-refractivity contribution in [3.05, 3.63) is 24.0 Å². The molecule has 0 spiro atoms. The number of ether oxygens (including phenoxy) is 9. The normalized spacial score (nSPS) is 16.7. The fourth-order valence-corrected chi connectivity index (χ4v) is 5.73. The molecule has 2 heterocycles. The van der Waals surface area contributed by atoms with Crippen LogP contribution in [0.15, 0.2) is 18.3 Å². The minimum atomic E-state index is -0.295. The first-order valence-corrected chi connectivity index (χ1v) is 20.0. The van der Waals surface area contributed by atoms with E-state index in [9.17, 15) is 24.0 Å². The summed E-state index contributed by atoms with van der Waals surface area (Å²) >= 11 is 0. The van der Waals surface area contributed by atoms with Crippen LogP contribution in [0.4, 0.5) is 0 Å². The van der Waals surface area contributed by atoms with Crippen molar-refractivity contribution in [2.75, 3.05) is 132 Å². The molecule has 1 fully saturated rings. The van der Waals surface area contributed by atoms with Crippen molar-refractivity contribution < 1.29 is 66.6 Å². The Morgan fingerprint density at radius 2 is 1.12 bits per heavy atom. The summed E-state index contributed by atoms with van der Waals surface area (Å²) < 4.78 is 50.5. The highest BCUT2D eigenvalue weighted by Crippen LogP contribution is 2.30. The Kier molecular flexibility index (Phi) is 26.2. The van der Waals surface area contributed by atoms with Crippen molar-refractivity contribution in [3.8, 4) is 0 Å². The molecule has 20 heteroatoms. The van der Waals surface area contributed by atoms with Gasteiger partial charge in [-0.25, -0.2) is 4.68 Å². The molecule has 1 aromatic heterocycles. The summed E-state index contributed by atoms with van der Waals surface area (Å²) in [7, 11) is 0. The average molecular weight is 827 g/mol. The third-order valence-electron chi connectivity index (χ3n) is 8.76. The Bertz CT molecular complexity index is 1340. The molecule has 1 aliphatic heterocycles. The molecule has 0 atom stereocenters. The van der Waals surface area contributed by atoms with Gasteiger partial charge in [0.25, 0.3) is 11.8 Å². The van der Waals surface area contributed by atoms with Gasteiger partial charge in [-0.15, -0.1) is 5.10 Å². The average Bonchev–Trinajstić information content (AvgIpc) is 3.81. The van der Waals surface area contributed by atoms with Gasteiger partial charge in [-0.1, -0.05) is 5.21 Å². The van der Waals surface area contributed by atoms with Crippen LogP contribution >= 0.6 is 0 Å².